The Balaban J connectivity index is 2.53. The molecule has 92 valence electrons. The molecule has 0 unspecified atom stereocenters. The van der Waals surface area contributed by atoms with Gasteiger partial charge in [0.05, 0.1) is 5.56 Å². The molecule has 0 amide bonds. The van der Waals surface area contributed by atoms with Crippen LogP contribution >= 0.6 is 0 Å². The number of carbonyl (C=O) groups excluding carboxylic acids is 1. The van der Waals surface area contributed by atoms with Gasteiger partial charge in [-0.3, -0.25) is 4.79 Å². The number of para-hydroxylation sites is 1. The van der Waals surface area contributed by atoms with Crippen molar-refractivity contribution >= 4 is 11.5 Å². The van der Waals surface area contributed by atoms with Gasteiger partial charge >= 0.3 is 0 Å². The van der Waals surface area contributed by atoms with E-state index in [0.717, 1.165) is 0 Å². The van der Waals surface area contributed by atoms with E-state index in [1.807, 2.05) is 0 Å². The smallest absolute Gasteiger partial charge is 0.198 e. The van der Waals surface area contributed by atoms with E-state index in [9.17, 15) is 18.0 Å². The van der Waals surface area contributed by atoms with Gasteiger partial charge in [0.15, 0.2) is 17.4 Å². The summed E-state index contributed by atoms with van der Waals surface area (Å²) in [6.07, 6.45) is 0. The molecule has 2 nitrogen and oxygen atoms in total. The summed E-state index contributed by atoms with van der Waals surface area (Å²) in [7, 11) is 0. The number of carbonyl (C=O) groups is 1. The third-order valence-electron chi connectivity index (χ3n) is 2.46. The van der Waals surface area contributed by atoms with Crippen LogP contribution in [0.5, 0.6) is 0 Å². The molecule has 2 N–H and O–H groups in total. The van der Waals surface area contributed by atoms with Crippen molar-refractivity contribution in [3.63, 3.8) is 0 Å². The minimum absolute atomic E-state index is 0.0439. The average molecular weight is 251 g/mol. The first-order chi connectivity index (χ1) is 8.50. The number of anilines is 1. The first kappa shape index (κ1) is 12.2. The van der Waals surface area contributed by atoms with Crippen molar-refractivity contribution in [2.45, 2.75) is 0 Å². The molecule has 0 saturated carbocycles. The molecule has 0 radical (unpaired) electrons. The normalized spacial score (nSPS) is 10.4. The summed E-state index contributed by atoms with van der Waals surface area (Å²) in [5.41, 5.74) is 5.21. The highest BCUT2D eigenvalue weighted by molar-refractivity contribution is 6.12. The van der Waals surface area contributed by atoms with Gasteiger partial charge in [0.2, 0.25) is 0 Å². The molecular weight excluding hydrogens is 243 g/mol. The van der Waals surface area contributed by atoms with E-state index in [-0.39, 0.29) is 11.3 Å². The number of benzene rings is 2. The van der Waals surface area contributed by atoms with E-state index in [4.69, 9.17) is 5.73 Å². The van der Waals surface area contributed by atoms with Crippen LogP contribution in [0.15, 0.2) is 36.4 Å². The van der Waals surface area contributed by atoms with Gasteiger partial charge in [0.25, 0.3) is 0 Å². The maximum absolute atomic E-state index is 13.4. The van der Waals surface area contributed by atoms with Crippen LogP contribution in [0.1, 0.15) is 15.9 Å². The molecule has 2 rings (SSSR count). The minimum Gasteiger partial charge on any atom is -0.398 e. The number of rotatable bonds is 2. The van der Waals surface area contributed by atoms with Crippen LogP contribution in [-0.4, -0.2) is 5.78 Å². The zero-order chi connectivity index (χ0) is 13.3. The van der Waals surface area contributed by atoms with Gasteiger partial charge in [-0.1, -0.05) is 12.1 Å². The molecule has 0 spiro atoms. The van der Waals surface area contributed by atoms with Gasteiger partial charge in [-0.05, 0) is 18.2 Å². The van der Waals surface area contributed by atoms with Crippen LogP contribution in [0.4, 0.5) is 18.9 Å². The Bertz CT molecular complexity index is 626. The largest absolute Gasteiger partial charge is 0.398 e. The van der Waals surface area contributed by atoms with Gasteiger partial charge in [0.1, 0.15) is 5.82 Å². The van der Waals surface area contributed by atoms with Crippen LogP contribution in [0.25, 0.3) is 0 Å². The summed E-state index contributed by atoms with van der Waals surface area (Å²) in [4.78, 5) is 11.9. The molecule has 0 atom stereocenters. The number of halogens is 3. The van der Waals surface area contributed by atoms with E-state index in [0.29, 0.717) is 12.1 Å². The maximum atomic E-state index is 13.4. The lowest BCUT2D eigenvalue weighted by atomic mass is 10.0. The summed E-state index contributed by atoms with van der Waals surface area (Å²) < 4.78 is 39.2. The predicted octanol–water partition coefficient (Wildman–Crippen LogP) is 2.92. The Morgan fingerprint density at radius 3 is 2.17 bits per heavy atom. The molecule has 2 aromatic carbocycles. The van der Waals surface area contributed by atoms with Crippen LogP contribution in [0.3, 0.4) is 0 Å². The molecule has 0 aromatic heterocycles. The lowest BCUT2D eigenvalue weighted by molar-refractivity contribution is 0.103. The molecule has 18 heavy (non-hydrogen) atoms. The topological polar surface area (TPSA) is 43.1 Å². The van der Waals surface area contributed by atoms with Crippen LogP contribution in [0.2, 0.25) is 0 Å². The van der Waals surface area contributed by atoms with Crippen molar-refractivity contribution in [1.82, 2.24) is 0 Å². The third-order valence-corrected chi connectivity index (χ3v) is 2.46. The summed E-state index contributed by atoms with van der Waals surface area (Å²) >= 11 is 0. The summed E-state index contributed by atoms with van der Waals surface area (Å²) in [5.74, 6) is -4.54. The molecule has 0 aliphatic carbocycles. The van der Waals surface area contributed by atoms with Crippen LogP contribution in [0, 0.1) is 17.5 Å². The number of hydrogen-bond acceptors (Lipinski definition) is 2. The SMILES string of the molecule is Nc1ccccc1C(=O)c1cc(F)c(F)cc1F. The van der Waals surface area contributed by atoms with Gasteiger partial charge < -0.3 is 5.73 Å². The molecular formula is C13H8F3NO. The van der Waals surface area contributed by atoms with E-state index < -0.39 is 28.8 Å². The first-order valence-corrected chi connectivity index (χ1v) is 5.04. The summed E-state index contributed by atoms with van der Waals surface area (Å²) in [6.45, 7) is 0. The van der Waals surface area contributed by atoms with Crippen molar-refractivity contribution in [2.75, 3.05) is 5.73 Å². The highest BCUT2D eigenvalue weighted by Gasteiger charge is 2.19. The molecule has 0 saturated heterocycles. The second-order valence-corrected chi connectivity index (χ2v) is 3.66. The number of nitrogen functional groups attached to an aromatic ring is 1. The molecule has 2 aromatic rings. The Kier molecular flexibility index (Phi) is 3.06. The number of hydrogen-bond donors (Lipinski definition) is 1. The zero-order valence-corrected chi connectivity index (χ0v) is 9.08. The van der Waals surface area contributed by atoms with E-state index in [1.165, 1.54) is 12.1 Å². The quantitative estimate of drug-likeness (QED) is 0.506. The lowest BCUT2D eigenvalue weighted by Crippen LogP contribution is -2.08. The number of nitrogens with two attached hydrogens (primary N) is 1. The van der Waals surface area contributed by atoms with E-state index in [2.05, 4.69) is 0 Å². The molecule has 0 fully saturated rings. The standard InChI is InChI=1S/C13H8F3NO/c14-9-6-11(16)10(15)5-8(9)13(18)7-3-1-2-4-12(7)17/h1-6H,17H2. The van der Waals surface area contributed by atoms with Crippen LogP contribution in [-0.2, 0) is 0 Å². The molecule has 0 heterocycles. The Morgan fingerprint density at radius 1 is 0.889 bits per heavy atom. The fourth-order valence-corrected chi connectivity index (χ4v) is 1.55. The maximum Gasteiger partial charge on any atom is 0.198 e. The van der Waals surface area contributed by atoms with Crippen molar-refractivity contribution in [3.05, 3.63) is 65.0 Å². The Hall–Kier alpha value is -2.30. The predicted molar refractivity (Wildman–Crippen MR) is 60.6 cm³/mol. The molecule has 0 aliphatic heterocycles. The van der Waals surface area contributed by atoms with E-state index in [1.54, 1.807) is 12.1 Å². The van der Waals surface area contributed by atoms with E-state index >= 15 is 0 Å². The Morgan fingerprint density at radius 2 is 1.50 bits per heavy atom. The minimum atomic E-state index is -1.34. The first-order valence-electron chi connectivity index (χ1n) is 5.04. The van der Waals surface area contributed by atoms with Crippen molar-refractivity contribution in [3.8, 4) is 0 Å². The summed E-state index contributed by atoms with van der Waals surface area (Å²) in [5, 5.41) is 0. The van der Waals surface area contributed by atoms with Crippen molar-refractivity contribution in [2.24, 2.45) is 0 Å². The highest BCUT2D eigenvalue weighted by atomic mass is 19.2. The van der Waals surface area contributed by atoms with Gasteiger partial charge in [0, 0.05) is 17.3 Å². The monoisotopic (exact) mass is 251 g/mol. The second kappa shape index (κ2) is 4.52. The van der Waals surface area contributed by atoms with Crippen LogP contribution < -0.4 is 5.73 Å². The second-order valence-electron chi connectivity index (χ2n) is 3.66. The third kappa shape index (κ3) is 2.07. The Labute approximate surface area is 101 Å². The van der Waals surface area contributed by atoms with Gasteiger partial charge in [-0.25, -0.2) is 13.2 Å². The average Bonchev–Trinajstić information content (AvgIpc) is 2.33. The zero-order valence-electron chi connectivity index (χ0n) is 9.08. The molecule has 0 bridgehead atoms. The van der Waals surface area contributed by atoms with Crippen molar-refractivity contribution < 1.29 is 18.0 Å². The lowest BCUT2D eigenvalue weighted by Gasteiger charge is -2.06. The summed E-state index contributed by atoms with van der Waals surface area (Å²) in [6, 6.07) is 6.86. The molecule has 0 aliphatic rings. The fraction of sp³-hybridized carbons (Fsp3) is 0. The molecule has 5 heteroatoms. The van der Waals surface area contributed by atoms with Gasteiger partial charge in [-0.15, -0.1) is 0 Å². The van der Waals surface area contributed by atoms with Gasteiger partial charge in [-0.2, -0.15) is 0 Å². The van der Waals surface area contributed by atoms with Crippen molar-refractivity contribution in [1.29, 1.82) is 0 Å². The fourth-order valence-electron chi connectivity index (χ4n) is 1.55. The number of ketones is 1. The highest BCUT2D eigenvalue weighted by Crippen LogP contribution is 2.20.